The molecule has 2 rings (SSSR count). The maximum atomic E-state index is 12.6. The number of pyridine rings is 1. The van der Waals surface area contributed by atoms with Gasteiger partial charge in [-0.25, -0.2) is 0 Å². The highest BCUT2D eigenvalue weighted by Crippen LogP contribution is 2.21. The summed E-state index contributed by atoms with van der Waals surface area (Å²) >= 11 is 0. The Balaban J connectivity index is 2.44. The first-order valence-electron chi connectivity index (χ1n) is 7.24. The van der Waals surface area contributed by atoms with Crippen LogP contribution in [-0.4, -0.2) is 40.2 Å². The third-order valence-corrected chi connectivity index (χ3v) is 3.89. The van der Waals surface area contributed by atoms with Crippen LogP contribution in [0.4, 0.5) is 13.2 Å². The monoisotopic (exact) mass is 342 g/mol. The molecule has 130 valence electrons. The minimum Gasteiger partial charge on any atom is -0.395 e. The van der Waals surface area contributed by atoms with Crippen molar-refractivity contribution in [1.82, 2.24) is 9.88 Å². The number of aromatic amines is 1. The standard InChI is InChI=1S/C16H17F3N2O3/c1-9-3-4-11-7-12(14(23)20-13(11)10(9)2)8-21(5-6-22)15(24)16(17,18)19/h3-4,7,22H,5-6,8H2,1-2H3,(H,20,23). The Morgan fingerprint density at radius 1 is 1.29 bits per heavy atom. The molecule has 0 unspecified atom stereocenters. The van der Waals surface area contributed by atoms with Gasteiger partial charge < -0.3 is 15.0 Å². The van der Waals surface area contributed by atoms with Crippen molar-refractivity contribution in [2.45, 2.75) is 26.6 Å². The zero-order valence-electron chi connectivity index (χ0n) is 13.2. The summed E-state index contributed by atoms with van der Waals surface area (Å²) in [6, 6.07) is 5.06. The molecule has 5 nitrogen and oxygen atoms in total. The summed E-state index contributed by atoms with van der Waals surface area (Å²) < 4.78 is 37.9. The molecule has 24 heavy (non-hydrogen) atoms. The largest absolute Gasteiger partial charge is 0.471 e. The highest BCUT2D eigenvalue weighted by molar-refractivity contribution is 5.84. The summed E-state index contributed by atoms with van der Waals surface area (Å²) in [4.78, 5) is 26.7. The van der Waals surface area contributed by atoms with Crippen molar-refractivity contribution in [1.29, 1.82) is 0 Å². The van der Waals surface area contributed by atoms with Crippen LogP contribution in [0, 0.1) is 13.8 Å². The number of amides is 1. The van der Waals surface area contributed by atoms with Gasteiger partial charge >= 0.3 is 12.1 Å². The zero-order chi connectivity index (χ0) is 18.1. The molecule has 8 heteroatoms. The fraction of sp³-hybridized carbons (Fsp3) is 0.375. The molecule has 0 aliphatic carbocycles. The van der Waals surface area contributed by atoms with Gasteiger partial charge in [0.25, 0.3) is 5.56 Å². The Hall–Kier alpha value is -2.35. The fourth-order valence-electron chi connectivity index (χ4n) is 2.45. The average Bonchev–Trinajstić information content (AvgIpc) is 2.50. The van der Waals surface area contributed by atoms with Gasteiger partial charge in [0.2, 0.25) is 0 Å². The number of benzene rings is 1. The topological polar surface area (TPSA) is 73.4 Å². The molecule has 1 amide bonds. The predicted molar refractivity (Wildman–Crippen MR) is 82.6 cm³/mol. The Labute approximate surface area is 135 Å². The van der Waals surface area contributed by atoms with Crippen molar-refractivity contribution in [3.05, 3.63) is 45.2 Å². The number of aliphatic hydroxyl groups is 1. The van der Waals surface area contributed by atoms with Gasteiger partial charge in [0.1, 0.15) is 0 Å². The van der Waals surface area contributed by atoms with Crippen molar-refractivity contribution < 1.29 is 23.1 Å². The Bertz CT molecular complexity index is 828. The van der Waals surface area contributed by atoms with E-state index < -0.39 is 37.3 Å². The van der Waals surface area contributed by atoms with E-state index in [2.05, 4.69) is 4.98 Å². The lowest BCUT2D eigenvalue weighted by Crippen LogP contribution is -2.43. The molecule has 2 aromatic rings. The van der Waals surface area contributed by atoms with E-state index in [4.69, 9.17) is 5.11 Å². The van der Waals surface area contributed by atoms with Gasteiger partial charge in [-0.15, -0.1) is 0 Å². The van der Waals surface area contributed by atoms with Crippen LogP contribution in [0.25, 0.3) is 10.9 Å². The molecule has 0 aliphatic rings. The van der Waals surface area contributed by atoms with Crippen LogP contribution in [0.1, 0.15) is 16.7 Å². The molecule has 0 atom stereocenters. The van der Waals surface area contributed by atoms with Crippen molar-refractivity contribution in [2.24, 2.45) is 0 Å². The number of aromatic nitrogens is 1. The molecule has 0 saturated heterocycles. The van der Waals surface area contributed by atoms with Crippen LogP contribution in [0.2, 0.25) is 0 Å². The highest BCUT2D eigenvalue weighted by atomic mass is 19.4. The SMILES string of the molecule is Cc1ccc2cc(CN(CCO)C(=O)C(F)(F)F)c(=O)[nH]c2c1C. The molecule has 0 aliphatic heterocycles. The predicted octanol–water partition coefficient (Wildman–Crippen LogP) is 2.03. The molecule has 1 aromatic carbocycles. The van der Waals surface area contributed by atoms with E-state index in [0.717, 1.165) is 11.1 Å². The molecule has 0 fully saturated rings. The van der Waals surface area contributed by atoms with Crippen LogP contribution in [0.15, 0.2) is 23.0 Å². The average molecular weight is 342 g/mol. The summed E-state index contributed by atoms with van der Waals surface area (Å²) in [6.45, 7) is 2.04. The lowest BCUT2D eigenvalue weighted by molar-refractivity contribution is -0.186. The lowest BCUT2D eigenvalue weighted by atomic mass is 10.0. The molecule has 0 saturated carbocycles. The second-order valence-corrected chi connectivity index (χ2v) is 5.54. The van der Waals surface area contributed by atoms with Gasteiger partial charge in [0.05, 0.1) is 18.7 Å². The minimum absolute atomic E-state index is 0.0248. The van der Waals surface area contributed by atoms with Crippen molar-refractivity contribution >= 4 is 16.8 Å². The zero-order valence-corrected chi connectivity index (χ0v) is 13.2. The number of alkyl halides is 3. The van der Waals surface area contributed by atoms with Gasteiger partial charge in [-0.05, 0) is 36.4 Å². The maximum absolute atomic E-state index is 12.6. The Kier molecular flexibility index (Phi) is 4.98. The van der Waals surface area contributed by atoms with Crippen LogP contribution < -0.4 is 5.56 Å². The number of hydrogen-bond donors (Lipinski definition) is 2. The smallest absolute Gasteiger partial charge is 0.395 e. The number of carbonyl (C=O) groups is 1. The molecular formula is C16H17F3N2O3. The number of nitrogens with zero attached hydrogens (tertiary/aromatic N) is 1. The van der Waals surface area contributed by atoms with Gasteiger partial charge in [-0.3, -0.25) is 9.59 Å². The fourth-order valence-corrected chi connectivity index (χ4v) is 2.45. The molecular weight excluding hydrogens is 325 g/mol. The second-order valence-electron chi connectivity index (χ2n) is 5.54. The van der Waals surface area contributed by atoms with Crippen molar-refractivity contribution in [3.8, 4) is 0 Å². The first kappa shape index (κ1) is 18.0. The van der Waals surface area contributed by atoms with Gasteiger partial charge in [0.15, 0.2) is 0 Å². The van der Waals surface area contributed by atoms with Crippen LogP contribution in [0.5, 0.6) is 0 Å². The number of H-pyrrole nitrogens is 1. The van der Waals surface area contributed by atoms with E-state index in [0.29, 0.717) is 15.8 Å². The Morgan fingerprint density at radius 3 is 2.54 bits per heavy atom. The number of aliphatic hydroxyl groups excluding tert-OH is 1. The maximum Gasteiger partial charge on any atom is 0.471 e. The summed E-state index contributed by atoms with van der Waals surface area (Å²) in [7, 11) is 0. The highest BCUT2D eigenvalue weighted by Gasteiger charge is 2.42. The van der Waals surface area contributed by atoms with Gasteiger partial charge in [-0.2, -0.15) is 13.2 Å². The molecule has 1 heterocycles. The van der Waals surface area contributed by atoms with Gasteiger partial charge in [0, 0.05) is 12.1 Å². The third kappa shape index (κ3) is 3.59. The number of carbonyl (C=O) groups excluding carboxylic acids is 1. The first-order chi connectivity index (χ1) is 11.1. The summed E-state index contributed by atoms with van der Waals surface area (Å²) in [5, 5.41) is 9.55. The molecule has 0 bridgehead atoms. The normalized spacial score (nSPS) is 11.8. The number of aryl methyl sites for hydroxylation is 2. The molecule has 0 radical (unpaired) electrons. The van der Waals surface area contributed by atoms with Crippen LogP contribution in [0.3, 0.4) is 0 Å². The van der Waals surface area contributed by atoms with E-state index in [-0.39, 0.29) is 5.56 Å². The second kappa shape index (κ2) is 6.64. The molecule has 0 spiro atoms. The van der Waals surface area contributed by atoms with Crippen molar-refractivity contribution in [2.75, 3.05) is 13.2 Å². The van der Waals surface area contributed by atoms with Crippen molar-refractivity contribution in [3.63, 3.8) is 0 Å². The molecule has 2 N–H and O–H groups in total. The van der Waals surface area contributed by atoms with E-state index >= 15 is 0 Å². The van der Waals surface area contributed by atoms with E-state index in [1.165, 1.54) is 6.07 Å². The van der Waals surface area contributed by atoms with E-state index in [1.807, 2.05) is 19.9 Å². The van der Waals surface area contributed by atoms with E-state index in [1.54, 1.807) is 6.07 Å². The first-order valence-corrected chi connectivity index (χ1v) is 7.24. The summed E-state index contributed by atoms with van der Waals surface area (Å²) in [6.07, 6.45) is -5.06. The molecule has 1 aromatic heterocycles. The van der Waals surface area contributed by atoms with Gasteiger partial charge in [-0.1, -0.05) is 12.1 Å². The summed E-state index contributed by atoms with van der Waals surface area (Å²) in [5.74, 6) is -2.09. The lowest BCUT2D eigenvalue weighted by Gasteiger charge is -2.22. The minimum atomic E-state index is -5.06. The number of rotatable bonds is 4. The number of hydrogen-bond acceptors (Lipinski definition) is 3. The van der Waals surface area contributed by atoms with E-state index in [9.17, 15) is 22.8 Å². The van der Waals surface area contributed by atoms with Crippen LogP contribution in [-0.2, 0) is 11.3 Å². The summed E-state index contributed by atoms with van der Waals surface area (Å²) in [5.41, 5.74) is 1.92. The third-order valence-electron chi connectivity index (χ3n) is 3.89. The number of nitrogens with one attached hydrogen (secondary N) is 1. The Morgan fingerprint density at radius 2 is 1.96 bits per heavy atom. The van der Waals surface area contributed by atoms with Crippen LogP contribution >= 0.6 is 0 Å². The number of halogens is 3. The quantitative estimate of drug-likeness (QED) is 0.893. The number of fused-ring (bicyclic) bond motifs is 1.